The third-order valence-electron chi connectivity index (χ3n) is 3.72. The number of halogens is 1. The number of fused-ring (bicyclic) bond motifs is 1. The number of esters is 1. The van der Waals surface area contributed by atoms with Crippen molar-refractivity contribution >= 4 is 40.1 Å². The number of aryl methyl sites for hydroxylation is 1. The zero-order valence-electron chi connectivity index (χ0n) is 14.5. The second kappa shape index (κ2) is 9.01. The Morgan fingerprint density at radius 3 is 2.92 bits per heavy atom. The number of carbonyl (C=O) groups is 2. The van der Waals surface area contributed by atoms with E-state index < -0.39 is 0 Å². The van der Waals surface area contributed by atoms with Gasteiger partial charge in [-0.05, 0) is 46.1 Å². The molecule has 1 atom stereocenters. The van der Waals surface area contributed by atoms with Crippen LogP contribution in [0.5, 0.6) is 0 Å². The van der Waals surface area contributed by atoms with Crippen LogP contribution in [0.2, 0.25) is 0 Å². The topological polar surface area (TPSA) is 80.3 Å². The van der Waals surface area contributed by atoms with E-state index in [0.29, 0.717) is 35.3 Å². The van der Waals surface area contributed by atoms with Crippen LogP contribution in [0.4, 0.5) is 9.93 Å². The largest absolute Gasteiger partial charge is 0.466 e. The van der Waals surface area contributed by atoms with Gasteiger partial charge in [-0.2, -0.15) is 0 Å². The molecule has 1 heterocycles. The predicted octanol–water partition coefficient (Wildman–Crippen LogP) is 3.98. The van der Waals surface area contributed by atoms with E-state index in [4.69, 9.17) is 16.3 Å². The number of allylic oxidation sites excluding steroid dienone is 4. The quantitative estimate of drug-likeness (QED) is 0.595. The molecule has 0 saturated carbocycles. The van der Waals surface area contributed by atoms with Gasteiger partial charge in [-0.15, -0.1) is 11.3 Å². The lowest BCUT2D eigenvalue weighted by Crippen LogP contribution is -2.27. The van der Waals surface area contributed by atoms with E-state index in [2.05, 4.69) is 15.6 Å². The van der Waals surface area contributed by atoms with E-state index in [1.807, 2.05) is 6.92 Å². The van der Waals surface area contributed by atoms with Crippen molar-refractivity contribution in [3.63, 3.8) is 0 Å². The van der Waals surface area contributed by atoms with Gasteiger partial charge in [0.2, 0.25) is 0 Å². The summed E-state index contributed by atoms with van der Waals surface area (Å²) in [5, 5.41) is 6.50. The number of thiazole rings is 1. The molecule has 2 rings (SSSR count). The summed E-state index contributed by atoms with van der Waals surface area (Å²) in [4.78, 5) is 29.4. The third kappa shape index (κ3) is 5.57. The molecule has 1 aliphatic carbocycles. The number of aromatic nitrogens is 1. The summed E-state index contributed by atoms with van der Waals surface area (Å²) in [5.74, 6) is -0.279. The molecule has 1 aromatic heterocycles. The Bertz CT molecular complexity index is 712. The molecule has 0 bridgehead atoms. The maximum absolute atomic E-state index is 12.0. The highest BCUT2D eigenvalue weighted by atomic mass is 35.5. The first kappa shape index (κ1) is 19.5. The van der Waals surface area contributed by atoms with E-state index >= 15 is 0 Å². The van der Waals surface area contributed by atoms with Gasteiger partial charge >= 0.3 is 12.0 Å². The van der Waals surface area contributed by atoms with Crippen LogP contribution in [-0.2, 0) is 22.4 Å². The molecule has 0 fully saturated rings. The maximum atomic E-state index is 12.0. The van der Waals surface area contributed by atoms with Crippen LogP contribution in [0.1, 0.15) is 37.8 Å². The number of amides is 2. The van der Waals surface area contributed by atoms with Crippen molar-refractivity contribution in [2.75, 3.05) is 11.9 Å². The molecule has 136 valence electrons. The Morgan fingerprint density at radius 1 is 1.48 bits per heavy atom. The number of nitrogens with zero attached hydrogens (tertiary/aromatic N) is 1. The fourth-order valence-corrected chi connectivity index (χ4v) is 3.77. The Labute approximate surface area is 156 Å². The summed E-state index contributed by atoms with van der Waals surface area (Å²) in [6.07, 6.45) is 5.46. The zero-order chi connectivity index (χ0) is 18.4. The average Bonchev–Trinajstić information content (AvgIpc) is 2.95. The Morgan fingerprint density at radius 2 is 2.24 bits per heavy atom. The van der Waals surface area contributed by atoms with E-state index in [1.165, 1.54) is 11.3 Å². The van der Waals surface area contributed by atoms with E-state index in [0.717, 1.165) is 17.0 Å². The Kier molecular flexibility index (Phi) is 7.01. The van der Waals surface area contributed by atoms with E-state index in [-0.39, 0.29) is 17.9 Å². The van der Waals surface area contributed by atoms with Crippen molar-refractivity contribution in [3.05, 3.63) is 33.5 Å². The van der Waals surface area contributed by atoms with Gasteiger partial charge in [0.25, 0.3) is 0 Å². The first-order valence-corrected chi connectivity index (χ1v) is 9.35. The third-order valence-corrected chi connectivity index (χ3v) is 5.08. The van der Waals surface area contributed by atoms with Gasteiger partial charge < -0.3 is 10.1 Å². The molecule has 0 saturated heterocycles. The highest BCUT2D eigenvalue weighted by molar-refractivity contribution is 7.15. The Hall–Kier alpha value is -1.86. The summed E-state index contributed by atoms with van der Waals surface area (Å²) < 4.78 is 5.10. The summed E-state index contributed by atoms with van der Waals surface area (Å²) in [6.45, 7) is 5.76. The van der Waals surface area contributed by atoms with Gasteiger partial charge in [-0.3, -0.25) is 10.1 Å². The van der Waals surface area contributed by atoms with Crippen LogP contribution >= 0.6 is 22.9 Å². The highest BCUT2D eigenvalue weighted by Crippen LogP contribution is 2.32. The molecule has 1 aliphatic rings. The summed E-state index contributed by atoms with van der Waals surface area (Å²) in [7, 11) is 0. The number of urea groups is 1. The van der Waals surface area contributed by atoms with Crippen molar-refractivity contribution in [1.82, 2.24) is 10.3 Å². The molecule has 0 aliphatic heterocycles. The summed E-state index contributed by atoms with van der Waals surface area (Å²) in [5.41, 5.74) is 1.58. The van der Waals surface area contributed by atoms with Crippen LogP contribution in [0.25, 0.3) is 0 Å². The predicted molar refractivity (Wildman–Crippen MR) is 99.8 cm³/mol. The molecule has 1 aromatic rings. The zero-order valence-corrected chi connectivity index (χ0v) is 16.1. The number of carbonyl (C=O) groups excluding carboxylic acids is 2. The number of hydrogen-bond donors (Lipinski definition) is 2. The molecular weight excluding hydrogens is 362 g/mol. The van der Waals surface area contributed by atoms with Gasteiger partial charge in [0.15, 0.2) is 5.13 Å². The lowest BCUT2D eigenvalue weighted by Gasteiger charge is -2.18. The van der Waals surface area contributed by atoms with Gasteiger partial charge in [0.05, 0.1) is 18.2 Å². The molecule has 0 radical (unpaired) electrons. The monoisotopic (exact) mass is 383 g/mol. The minimum absolute atomic E-state index is 0.122. The Balaban J connectivity index is 1.96. The fraction of sp³-hybridized carbons (Fsp3) is 0.471. The van der Waals surface area contributed by atoms with Crippen LogP contribution in [0.15, 0.2) is 22.9 Å². The second-order valence-corrected chi connectivity index (χ2v) is 7.18. The number of rotatable bonds is 5. The molecule has 25 heavy (non-hydrogen) atoms. The SMILES string of the molecule is C/C=C(Cl)\C=C(/C)NC(=O)Nc1nc2c(s1)CC(C(=O)OCC)CC2. The van der Waals surface area contributed by atoms with Gasteiger partial charge in [-0.1, -0.05) is 17.7 Å². The number of nitrogens with one attached hydrogen (secondary N) is 2. The van der Waals surface area contributed by atoms with E-state index in [1.54, 1.807) is 26.0 Å². The molecular formula is C17H22ClN3O3S. The van der Waals surface area contributed by atoms with Gasteiger partial charge in [0.1, 0.15) is 0 Å². The van der Waals surface area contributed by atoms with Crippen molar-refractivity contribution in [2.45, 2.75) is 40.0 Å². The maximum Gasteiger partial charge on any atom is 0.325 e. The number of ether oxygens (including phenoxy) is 1. The van der Waals surface area contributed by atoms with E-state index in [9.17, 15) is 9.59 Å². The minimum Gasteiger partial charge on any atom is -0.466 e. The summed E-state index contributed by atoms with van der Waals surface area (Å²) in [6, 6.07) is -0.373. The molecule has 1 unspecified atom stereocenters. The normalized spacial score (nSPS) is 17.7. The molecule has 2 N–H and O–H groups in total. The fourth-order valence-electron chi connectivity index (χ4n) is 2.52. The smallest absolute Gasteiger partial charge is 0.325 e. The highest BCUT2D eigenvalue weighted by Gasteiger charge is 2.28. The van der Waals surface area contributed by atoms with Crippen molar-refractivity contribution in [1.29, 1.82) is 0 Å². The first-order valence-electron chi connectivity index (χ1n) is 8.16. The number of anilines is 1. The average molecular weight is 384 g/mol. The van der Waals surface area contributed by atoms with Gasteiger partial charge in [0, 0.05) is 15.6 Å². The van der Waals surface area contributed by atoms with Crippen molar-refractivity contribution in [2.24, 2.45) is 5.92 Å². The molecule has 0 aromatic carbocycles. The van der Waals surface area contributed by atoms with Crippen molar-refractivity contribution in [3.8, 4) is 0 Å². The van der Waals surface area contributed by atoms with Crippen LogP contribution < -0.4 is 10.6 Å². The summed E-state index contributed by atoms with van der Waals surface area (Å²) >= 11 is 7.30. The minimum atomic E-state index is -0.373. The van der Waals surface area contributed by atoms with Crippen LogP contribution in [0, 0.1) is 5.92 Å². The van der Waals surface area contributed by atoms with Gasteiger partial charge in [-0.25, -0.2) is 9.78 Å². The molecule has 2 amide bonds. The van der Waals surface area contributed by atoms with Crippen LogP contribution in [-0.4, -0.2) is 23.6 Å². The molecule has 0 spiro atoms. The molecule has 6 nitrogen and oxygen atoms in total. The number of hydrogen-bond acceptors (Lipinski definition) is 5. The first-order chi connectivity index (χ1) is 11.9. The second-order valence-electron chi connectivity index (χ2n) is 5.66. The lowest BCUT2D eigenvalue weighted by atomic mass is 9.91. The standard InChI is InChI=1S/C17H22ClN3O3S/c1-4-12(18)8-10(3)19-16(23)21-17-20-13-7-6-11(9-14(13)25-17)15(22)24-5-2/h4,8,11H,5-7,9H2,1-3H3,(H2,19,20,21,23)/b10-8+,12-4+. The van der Waals surface area contributed by atoms with Crippen molar-refractivity contribution < 1.29 is 14.3 Å². The lowest BCUT2D eigenvalue weighted by molar-refractivity contribution is -0.148. The molecule has 8 heteroatoms. The van der Waals surface area contributed by atoms with Crippen LogP contribution in [0.3, 0.4) is 0 Å².